The molecule has 0 aliphatic carbocycles. The number of aromatic nitrogens is 1. The summed E-state index contributed by atoms with van der Waals surface area (Å²) in [6.07, 6.45) is 3.96. The van der Waals surface area contributed by atoms with Crippen LogP contribution in [0.15, 0.2) is 24.3 Å². The first-order valence-corrected chi connectivity index (χ1v) is 4.10. The van der Waals surface area contributed by atoms with Gasteiger partial charge in [-0.25, -0.2) is 0 Å². The first kappa shape index (κ1) is 8.85. The SMILES string of the molecule is C=C/C(C)=C\c1[nH]c(C)cc1C. The number of nitrogens with one attached hydrogen (secondary N) is 1. The van der Waals surface area contributed by atoms with Gasteiger partial charge in [0.1, 0.15) is 0 Å². The van der Waals surface area contributed by atoms with Gasteiger partial charge in [-0.2, -0.15) is 0 Å². The summed E-state index contributed by atoms with van der Waals surface area (Å²) >= 11 is 0. The van der Waals surface area contributed by atoms with E-state index in [0.717, 1.165) is 0 Å². The average molecular weight is 161 g/mol. The monoisotopic (exact) mass is 161 g/mol. The molecule has 0 aliphatic rings. The van der Waals surface area contributed by atoms with E-state index in [1.807, 2.05) is 13.0 Å². The van der Waals surface area contributed by atoms with Crippen LogP contribution in [-0.2, 0) is 0 Å². The van der Waals surface area contributed by atoms with Crippen LogP contribution in [0, 0.1) is 13.8 Å². The maximum Gasteiger partial charge on any atom is 0.0414 e. The summed E-state index contributed by atoms with van der Waals surface area (Å²) in [5, 5.41) is 0. The van der Waals surface area contributed by atoms with Gasteiger partial charge in [-0.3, -0.25) is 0 Å². The molecule has 0 radical (unpaired) electrons. The van der Waals surface area contributed by atoms with Crippen molar-refractivity contribution in [2.75, 3.05) is 0 Å². The predicted octanol–water partition coefficient (Wildman–Crippen LogP) is 3.22. The highest BCUT2D eigenvalue weighted by Gasteiger charge is 1.97. The molecule has 1 N–H and O–H groups in total. The van der Waals surface area contributed by atoms with Gasteiger partial charge >= 0.3 is 0 Å². The first-order chi connectivity index (χ1) is 5.63. The van der Waals surface area contributed by atoms with Gasteiger partial charge in [0.05, 0.1) is 0 Å². The molecule has 1 nitrogen and oxygen atoms in total. The molecule has 0 amide bonds. The Kier molecular flexibility index (Phi) is 2.54. The number of hydrogen-bond donors (Lipinski definition) is 1. The fourth-order valence-corrected chi connectivity index (χ4v) is 1.19. The van der Waals surface area contributed by atoms with Gasteiger partial charge in [0, 0.05) is 11.4 Å². The van der Waals surface area contributed by atoms with Crippen molar-refractivity contribution in [3.05, 3.63) is 41.2 Å². The molecule has 0 spiro atoms. The Hall–Kier alpha value is -1.24. The minimum atomic E-state index is 1.18. The summed E-state index contributed by atoms with van der Waals surface area (Å²) in [7, 11) is 0. The van der Waals surface area contributed by atoms with Gasteiger partial charge < -0.3 is 4.98 Å². The largest absolute Gasteiger partial charge is 0.359 e. The third-order valence-corrected chi connectivity index (χ3v) is 1.88. The van der Waals surface area contributed by atoms with Crippen molar-refractivity contribution >= 4 is 6.08 Å². The second-order valence-electron chi connectivity index (χ2n) is 3.14. The van der Waals surface area contributed by atoms with Crippen molar-refractivity contribution < 1.29 is 0 Å². The summed E-state index contributed by atoms with van der Waals surface area (Å²) in [6.45, 7) is 9.92. The van der Waals surface area contributed by atoms with Gasteiger partial charge in [-0.05, 0) is 44.1 Å². The topological polar surface area (TPSA) is 15.8 Å². The third-order valence-electron chi connectivity index (χ3n) is 1.88. The smallest absolute Gasteiger partial charge is 0.0414 e. The summed E-state index contributed by atoms with van der Waals surface area (Å²) in [4.78, 5) is 3.29. The molecule has 1 aromatic rings. The second kappa shape index (κ2) is 3.44. The van der Waals surface area contributed by atoms with Gasteiger partial charge in [0.15, 0.2) is 0 Å². The third kappa shape index (κ3) is 1.88. The lowest BCUT2D eigenvalue weighted by atomic mass is 10.2. The maximum absolute atomic E-state index is 3.71. The highest BCUT2D eigenvalue weighted by atomic mass is 14.7. The van der Waals surface area contributed by atoms with E-state index < -0.39 is 0 Å². The fourth-order valence-electron chi connectivity index (χ4n) is 1.19. The highest BCUT2D eigenvalue weighted by Crippen LogP contribution is 2.12. The number of hydrogen-bond acceptors (Lipinski definition) is 0. The van der Waals surface area contributed by atoms with Crippen LogP contribution < -0.4 is 0 Å². The molecular weight excluding hydrogens is 146 g/mol. The van der Waals surface area contributed by atoms with Crippen molar-refractivity contribution in [3.63, 3.8) is 0 Å². The molecule has 12 heavy (non-hydrogen) atoms. The Morgan fingerprint density at radius 3 is 2.58 bits per heavy atom. The van der Waals surface area contributed by atoms with E-state index in [0.29, 0.717) is 0 Å². The molecular formula is C11H15N. The summed E-state index contributed by atoms with van der Waals surface area (Å²) < 4.78 is 0. The van der Waals surface area contributed by atoms with Crippen molar-refractivity contribution in [2.45, 2.75) is 20.8 Å². The lowest BCUT2D eigenvalue weighted by Crippen LogP contribution is -1.77. The molecule has 1 heteroatoms. The van der Waals surface area contributed by atoms with Crippen molar-refractivity contribution in [2.24, 2.45) is 0 Å². The standard InChI is InChI=1S/C11H15N/c1-5-8(2)6-11-9(3)7-10(4)12-11/h5-7,12H,1H2,2-4H3/b8-6-. The molecule has 1 heterocycles. The van der Waals surface area contributed by atoms with Crippen LogP contribution in [0.4, 0.5) is 0 Å². The van der Waals surface area contributed by atoms with E-state index >= 15 is 0 Å². The highest BCUT2D eigenvalue weighted by molar-refractivity contribution is 5.55. The Morgan fingerprint density at radius 1 is 1.50 bits per heavy atom. The van der Waals surface area contributed by atoms with E-state index in [9.17, 15) is 0 Å². The van der Waals surface area contributed by atoms with Crippen LogP contribution in [-0.4, -0.2) is 4.98 Å². The average Bonchev–Trinajstić information content (AvgIpc) is 2.30. The number of allylic oxidation sites excluding steroid dienone is 2. The van der Waals surface area contributed by atoms with Crippen molar-refractivity contribution in [3.8, 4) is 0 Å². The molecule has 0 aromatic carbocycles. The number of rotatable bonds is 2. The number of H-pyrrole nitrogens is 1. The van der Waals surface area contributed by atoms with Gasteiger partial charge in [-0.15, -0.1) is 0 Å². The molecule has 0 bridgehead atoms. The Balaban J connectivity index is 3.03. The predicted molar refractivity (Wildman–Crippen MR) is 54.1 cm³/mol. The van der Waals surface area contributed by atoms with Crippen LogP contribution in [0.3, 0.4) is 0 Å². The summed E-state index contributed by atoms with van der Waals surface area (Å²) in [5.41, 5.74) is 4.86. The van der Waals surface area contributed by atoms with Crippen LogP contribution in [0.25, 0.3) is 6.08 Å². The first-order valence-electron chi connectivity index (χ1n) is 4.10. The number of aromatic amines is 1. The lowest BCUT2D eigenvalue weighted by Gasteiger charge is -1.92. The fraction of sp³-hybridized carbons (Fsp3) is 0.273. The quantitative estimate of drug-likeness (QED) is 0.641. The molecule has 0 saturated carbocycles. The van der Waals surface area contributed by atoms with Crippen LogP contribution >= 0.6 is 0 Å². The van der Waals surface area contributed by atoms with E-state index in [1.165, 1.54) is 22.5 Å². The van der Waals surface area contributed by atoms with Crippen LogP contribution in [0.1, 0.15) is 23.9 Å². The second-order valence-corrected chi connectivity index (χ2v) is 3.14. The van der Waals surface area contributed by atoms with E-state index in [-0.39, 0.29) is 0 Å². The molecule has 0 saturated heterocycles. The van der Waals surface area contributed by atoms with Crippen molar-refractivity contribution in [1.29, 1.82) is 0 Å². The van der Waals surface area contributed by atoms with Gasteiger partial charge in [0.25, 0.3) is 0 Å². The normalized spacial score (nSPS) is 11.8. The Bertz CT molecular complexity index is 316. The lowest BCUT2D eigenvalue weighted by molar-refractivity contribution is 1.24. The van der Waals surface area contributed by atoms with Crippen LogP contribution in [0.5, 0.6) is 0 Å². The summed E-state index contributed by atoms with van der Waals surface area (Å²) in [5.74, 6) is 0. The zero-order chi connectivity index (χ0) is 9.14. The minimum absolute atomic E-state index is 1.18. The molecule has 0 fully saturated rings. The van der Waals surface area contributed by atoms with E-state index in [4.69, 9.17) is 0 Å². The van der Waals surface area contributed by atoms with Crippen LogP contribution in [0.2, 0.25) is 0 Å². The van der Waals surface area contributed by atoms with E-state index in [1.54, 1.807) is 0 Å². The molecule has 0 aliphatic heterocycles. The number of aryl methyl sites for hydroxylation is 2. The molecule has 64 valence electrons. The van der Waals surface area contributed by atoms with E-state index in [2.05, 4.69) is 37.6 Å². The van der Waals surface area contributed by atoms with Gasteiger partial charge in [0.2, 0.25) is 0 Å². The maximum atomic E-state index is 3.71. The minimum Gasteiger partial charge on any atom is -0.359 e. The Morgan fingerprint density at radius 2 is 2.17 bits per heavy atom. The van der Waals surface area contributed by atoms with Crippen molar-refractivity contribution in [1.82, 2.24) is 4.98 Å². The molecule has 1 rings (SSSR count). The zero-order valence-corrected chi connectivity index (χ0v) is 7.94. The van der Waals surface area contributed by atoms with Gasteiger partial charge in [-0.1, -0.05) is 12.7 Å². The molecule has 1 aromatic heterocycles. The molecule has 0 atom stereocenters. The zero-order valence-electron chi connectivity index (χ0n) is 7.94. The Labute approximate surface area is 73.8 Å². The molecule has 0 unspecified atom stereocenters. The summed E-state index contributed by atoms with van der Waals surface area (Å²) in [6, 6.07) is 2.14.